The van der Waals surface area contributed by atoms with Crippen molar-refractivity contribution in [1.82, 2.24) is 0 Å². The van der Waals surface area contributed by atoms with Crippen molar-refractivity contribution in [3.05, 3.63) is 71.2 Å². The maximum atomic E-state index is 13.1. The van der Waals surface area contributed by atoms with Crippen LogP contribution in [0.3, 0.4) is 0 Å². The van der Waals surface area contributed by atoms with Crippen molar-refractivity contribution in [3.8, 4) is 22.6 Å². The number of halogens is 4. The molecule has 0 saturated heterocycles. The molecule has 0 amide bonds. The number of carbonyl (C=O) groups excluding carboxylic acids is 1. The van der Waals surface area contributed by atoms with Crippen molar-refractivity contribution < 1.29 is 22.4 Å². The first kappa shape index (κ1) is 16.7. The van der Waals surface area contributed by atoms with E-state index in [0.717, 1.165) is 0 Å². The number of benzene rings is 2. The minimum absolute atomic E-state index is 0.0685. The monoisotopic (exact) mass is 374 g/mol. The highest BCUT2D eigenvalue weighted by molar-refractivity contribution is 6.30. The van der Waals surface area contributed by atoms with Crippen LogP contribution < -0.4 is 0 Å². The van der Waals surface area contributed by atoms with Crippen LogP contribution in [0.15, 0.2) is 65.1 Å². The molecule has 4 rings (SSSR count). The second-order valence-electron chi connectivity index (χ2n) is 5.80. The Balaban J connectivity index is 2.02. The lowest BCUT2D eigenvalue weighted by Crippen LogP contribution is -2.22. The number of fused-ring (bicyclic) bond motifs is 3. The third kappa shape index (κ3) is 2.65. The van der Waals surface area contributed by atoms with E-state index in [1.54, 1.807) is 54.6 Å². The number of rotatable bonds is 2. The summed E-state index contributed by atoms with van der Waals surface area (Å²) in [6.07, 6.45) is -4.99. The maximum Gasteiger partial charge on any atom is 0.455 e. The number of Topliss-reactive ketones (excluding diaryl/α,β-unsaturated/α-hetero) is 1. The fraction of sp³-hybridized carbons (Fsp3) is 0.0500. The van der Waals surface area contributed by atoms with E-state index < -0.39 is 17.5 Å². The van der Waals surface area contributed by atoms with Crippen LogP contribution in [0, 0.1) is 0 Å². The van der Waals surface area contributed by atoms with Crippen LogP contribution in [0.25, 0.3) is 33.4 Å². The Morgan fingerprint density at radius 1 is 0.885 bits per heavy atom. The van der Waals surface area contributed by atoms with E-state index in [0.29, 0.717) is 27.3 Å². The minimum atomic E-state index is -4.99. The second kappa shape index (κ2) is 5.88. The molecule has 26 heavy (non-hydrogen) atoms. The number of carbonyl (C=O) groups is 1. The Hall–Kier alpha value is -2.79. The Kier molecular flexibility index (Phi) is 3.77. The predicted molar refractivity (Wildman–Crippen MR) is 93.7 cm³/mol. The van der Waals surface area contributed by atoms with Gasteiger partial charge in [0.15, 0.2) is 0 Å². The number of alkyl halides is 3. The van der Waals surface area contributed by atoms with Gasteiger partial charge in [0.2, 0.25) is 0 Å². The minimum Gasteiger partial charge on any atom is -0.455 e. The van der Waals surface area contributed by atoms with Gasteiger partial charge in [0.05, 0.1) is 5.56 Å². The topological polar surface area (TPSA) is 30.2 Å². The summed E-state index contributed by atoms with van der Waals surface area (Å²) in [6.45, 7) is 0. The molecule has 0 spiro atoms. The summed E-state index contributed by atoms with van der Waals surface area (Å²) in [6, 6.07) is 16.5. The van der Waals surface area contributed by atoms with E-state index in [1.807, 2.05) is 0 Å². The zero-order valence-corrected chi connectivity index (χ0v) is 13.9. The van der Waals surface area contributed by atoms with E-state index in [4.69, 9.17) is 16.0 Å². The molecule has 2 aliphatic rings. The van der Waals surface area contributed by atoms with Gasteiger partial charge in [0.25, 0.3) is 5.78 Å². The summed E-state index contributed by atoms with van der Waals surface area (Å²) in [5, 5.41) is 1.30. The molecule has 2 aromatic carbocycles. The average molecular weight is 375 g/mol. The fourth-order valence-electron chi connectivity index (χ4n) is 3.03. The second-order valence-corrected chi connectivity index (χ2v) is 6.23. The molecule has 0 fully saturated rings. The van der Waals surface area contributed by atoms with Crippen molar-refractivity contribution >= 4 is 28.2 Å². The molecule has 0 atom stereocenters. The van der Waals surface area contributed by atoms with Gasteiger partial charge in [0, 0.05) is 16.1 Å². The van der Waals surface area contributed by atoms with Gasteiger partial charge in [-0.25, -0.2) is 0 Å². The Labute approximate surface area is 151 Å². The zero-order chi connectivity index (χ0) is 18.5. The molecular weight excluding hydrogens is 365 g/mol. The van der Waals surface area contributed by atoms with E-state index in [2.05, 4.69) is 0 Å². The molecule has 130 valence electrons. The zero-order valence-electron chi connectivity index (χ0n) is 13.1. The highest BCUT2D eigenvalue weighted by Crippen LogP contribution is 2.43. The first-order chi connectivity index (χ1) is 12.4. The third-order valence-corrected chi connectivity index (χ3v) is 4.44. The number of hydrogen-bond acceptors (Lipinski definition) is 2. The molecule has 1 aliphatic heterocycles. The first-order valence-electron chi connectivity index (χ1n) is 7.68. The molecule has 0 bridgehead atoms. The van der Waals surface area contributed by atoms with Crippen LogP contribution in [-0.4, -0.2) is 12.0 Å². The summed E-state index contributed by atoms with van der Waals surface area (Å²) in [5.41, 5.74) is 0.650. The lowest BCUT2D eigenvalue weighted by atomic mass is 10.1. The molecule has 2 nitrogen and oxygen atoms in total. The van der Waals surface area contributed by atoms with E-state index >= 15 is 0 Å². The molecule has 1 aliphatic carbocycles. The van der Waals surface area contributed by atoms with Gasteiger partial charge in [-0.1, -0.05) is 35.9 Å². The molecule has 2 aromatic rings. The number of hydrogen-bond donors (Lipinski definition) is 0. The van der Waals surface area contributed by atoms with Crippen LogP contribution in [0.5, 0.6) is 0 Å². The molecule has 0 aromatic heterocycles. The summed E-state index contributed by atoms with van der Waals surface area (Å²) >= 11 is 5.86. The summed E-state index contributed by atoms with van der Waals surface area (Å²) in [4.78, 5) is 12.0. The van der Waals surface area contributed by atoms with Crippen molar-refractivity contribution in [3.63, 3.8) is 0 Å². The first-order valence-corrected chi connectivity index (χ1v) is 8.06. The van der Waals surface area contributed by atoms with Gasteiger partial charge in [0.1, 0.15) is 11.5 Å². The predicted octanol–water partition coefficient (Wildman–Crippen LogP) is 6.60. The largest absolute Gasteiger partial charge is 0.455 e. The molecule has 6 heteroatoms. The molecule has 0 unspecified atom stereocenters. The van der Waals surface area contributed by atoms with Crippen molar-refractivity contribution in [2.24, 2.45) is 0 Å². The molecular formula is C20H10ClF3O2. The third-order valence-electron chi connectivity index (χ3n) is 4.18. The van der Waals surface area contributed by atoms with E-state index in [9.17, 15) is 18.0 Å². The van der Waals surface area contributed by atoms with Gasteiger partial charge in [-0.05, 0) is 47.2 Å². The Morgan fingerprint density at radius 2 is 1.54 bits per heavy atom. The van der Waals surface area contributed by atoms with E-state index in [1.165, 1.54) is 6.07 Å². The molecule has 0 saturated carbocycles. The summed E-state index contributed by atoms with van der Waals surface area (Å²) < 4.78 is 45.1. The fourth-order valence-corrected chi connectivity index (χ4v) is 3.15. The summed E-state index contributed by atoms with van der Waals surface area (Å²) in [7, 11) is 0. The van der Waals surface area contributed by atoms with Crippen molar-refractivity contribution in [1.29, 1.82) is 0 Å². The average Bonchev–Trinajstić information content (AvgIpc) is 2.94. The van der Waals surface area contributed by atoms with Crippen LogP contribution >= 0.6 is 11.6 Å². The van der Waals surface area contributed by atoms with Crippen LogP contribution in [0.2, 0.25) is 5.02 Å². The van der Waals surface area contributed by atoms with Crippen LogP contribution in [0.4, 0.5) is 13.2 Å². The standard InChI is InChI=1S/C20H10ClF3O2/c21-12-7-5-11(6-8-12)16-10-9-15-13-3-1-2-4-14(13)17(18(15)26-16)19(25)20(22,23)24/h1-10H. The van der Waals surface area contributed by atoms with E-state index in [-0.39, 0.29) is 11.1 Å². The SMILES string of the molecule is O=C(c1c2oc(-c3ccc(Cl)cc3)ccc-2c2ccccc12)C(F)(F)F. The Bertz CT molecular complexity index is 1090. The highest BCUT2D eigenvalue weighted by Gasteiger charge is 2.43. The normalized spacial score (nSPS) is 12.0. The number of ketones is 1. The quantitative estimate of drug-likeness (QED) is 0.370. The van der Waals surface area contributed by atoms with Gasteiger partial charge in [-0.3, -0.25) is 4.79 Å². The Morgan fingerprint density at radius 3 is 2.19 bits per heavy atom. The smallest absolute Gasteiger partial charge is 0.455 e. The van der Waals surface area contributed by atoms with Crippen molar-refractivity contribution in [2.45, 2.75) is 6.18 Å². The highest BCUT2D eigenvalue weighted by atomic mass is 35.5. The van der Waals surface area contributed by atoms with Gasteiger partial charge < -0.3 is 4.42 Å². The van der Waals surface area contributed by atoms with Crippen LogP contribution in [-0.2, 0) is 0 Å². The lowest BCUT2D eigenvalue weighted by molar-refractivity contribution is -0.0884. The lowest BCUT2D eigenvalue weighted by Gasteiger charge is -2.09. The molecule has 0 N–H and O–H groups in total. The molecule has 1 heterocycles. The van der Waals surface area contributed by atoms with Gasteiger partial charge in [-0.15, -0.1) is 0 Å². The maximum absolute atomic E-state index is 13.1. The van der Waals surface area contributed by atoms with Gasteiger partial charge in [-0.2, -0.15) is 13.2 Å². The summed E-state index contributed by atoms with van der Waals surface area (Å²) in [5.74, 6) is -1.64. The van der Waals surface area contributed by atoms with Crippen LogP contribution in [0.1, 0.15) is 10.4 Å². The van der Waals surface area contributed by atoms with Crippen molar-refractivity contribution in [2.75, 3.05) is 0 Å². The molecule has 0 radical (unpaired) electrons. The van der Waals surface area contributed by atoms with Gasteiger partial charge >= 0.3 is 6.18 Å².